The number of rotatable bonds is 8. The third-order valence-corrected chi connectivity index (χ3v) is 7.74. The lowest BCUT2D eigenvalue weighted by Crippen LogP contribution is -2.56. The lowest BCUT2D eigenvalue weighted by Gasteiger charge is -2.42. The minimum Gasteiger partial charge on any atom is -0.496 e. The van der Waals surface area contributed by atoms with Crippen molar-refractivity contribution in [2.24, 2.45) is 0 Å². The Morgan fingerprint density at radius 3 is 2.76 bits per heavy atom. The largest absolute Gasteiger partial charge is 0.496 e. The van der Waals surface area contributed by atoms with Gasteiger partial charge in [0.1, 0.15) is 10.8 Å². The number of amides is 1. The predicted octanol–water partition coefficient (Wildman–Crippen LogP) is 5.37. The van der Waals surface area contributed by atoms with E-state index in [4.69, 9.17) is 9.57 Å². The van der Waals surface area contributed by atoms with E-state index in [0.717, 1.165) is 40.0 Å². The normalized spacial score (nSPS) is 18.3. The molecule has 2 heterocycles. The number of halogens is 3. The van der Waals surface area contributed by atoms with Crippen LogP contribution in [0, 0.1) is 0 Å². The maximum absolute atomic E-state index is 13.8. The molecule has 1 unspecified atom stereocenters. The van der Waals surface area contributed by atoms with Crippen molar-refractivity contribution >= 4 is 35.5 Å². The number of nitrogens with zero attached hydrogens (tertiary/aromatic N) is 2. The molecule has 1 fully saturated rings. The number of thioether (sulfide) groups is 1. The molecule has 1 amide bonds. The number of alkyl halides is 3. The summed E-state index contributed by atoms with van der Waals surface area (Å²) in [5.41, 5.74) is -0.295. The fraction of sp³-hybridized carbons (Fsp3) is 0.320. The van der Waals surface area contributed by atoms with Crippen molar-refractivity contribution in [3.63, 3.8) is 0 Å². The van der Waals surface area contributed by atoms with E-state index in [1.807, 2.05) is 29.6 Å². The van der Waals surface area contributed by atoms with Gasteiger partial charge in [-0.15, -0.1) is 28.2 Å². The van der Waals surface area contributed by atoms with Gasteiger partial charge in [0.2, 0.25) is 0 Å². The SMILES string of the molecule is COc1cc(C(F)(F)F)cc(SC)c1C(=O)NC1(c2cccc(-c3nccs3)c2)CCCN(OC=O)C1. The summed E-state index contributed by atoms with van der Waals surface area (Å²) in [7, 11) is 1.23. The zero-order chi connectivity index (χ0) is 26.6. The Balaban J connectivity index is 1.79. The van der Waals surface area contributed by atoms with Gasteiger partial charge >= 0.3 is 12.6 Å². The monoisotopic (exact) mass is 551 g/mol. The number of benzene rings is 2. The van der Waals surface area contributed by atoms with Gasteiger partial charge in [-0.3, -0.25) is 9.59 Å². The molecule has 12 heteroatoms. The fourth-order valence-electron chi connectivity index (χ4n) is 4.47. The number of methoxy groups -OCH3 is 1. The highest BCUT2D eigenvalue weighted by atomic mass is 32.2. The molecule has 0 spiro atoms. The van der Waals surface area contributed by atoms with E-state index in [2.05, 4.69) is 10.3 Å². The van der Waals surface area contributed by atoms with Crippen molar-refractivity contribution in [2.45, 2.75) is 29.5 Å². The lowest BCUT2D eigenvalue weighted by molar-refractivity contribution is -0.185. The second-order valence-corrected chi connectivity index (χ2v) is 10.1. The average Bonchev–Trinajstić information content (AvgIpc) is 3.43. The number of carbonyl (C=O) groups is 2. The van der Waals surface area contributed by atoms with Crippen LogP contribution in [-0.4, -0.2) is 48.9 Å². The highest BCUT2D eigenvalue weighted by Crippen LogP contribution is 2.40. The molecule has 1 atom stereocenters. The van der Waals surface area contributed by atoms with Crippen molar-refractivity contribution in [2.75, 3.05) is 26.5 Å². The van der Waals surface area contributed by atoms with E-state index in [1.54, 1.807) is 12.5 Å². The summed E-state index contributed by atoms with van der Waals surface area (Å²) >= 11 is 2.49. The maximum atomic E-state index is 13.8. The van der Waals surface area contributed by atoms with Crippen LogP contribution in [0.3, 0.4) is 0 Å². The molecule has 1 aliphatic rings. The average molecular weight is 552 g/mol. The van der Waals surface area contributed by atoms with Crippen LogP contribution in [0.4, 0.5) is 13.2 Å². The molecule has 7 nitrogen and oxygen atoms in total. The zero-order valence-corrected chi connectivity index (χ0v) is 21.6. The smallest absolute Gasteiger partial charge is 0.416 e. The van der Waals surface area contributed by atoms with E-state index in [9.17, 15) is 22.8 Å². The molecule has 1 aromatic heterocycles. The summed E-state index contributed by atoms with van der Waals surface area (Å²) in [6, 6.07) is 9.31. The minimum atomic E-state index is -4.60. The second-order valence-electron chi connectivity index (χ2n) is 8.38. The number of hydrogen-bond acceptors (Lipinski definition) is 8. The molecule has 3 aromatic rings. The Labute approximate surface area is 219 Å². The van der Waals surface area contributed by atoms with Crippen LogP contribution < -0.4 is 10.1 Å². The van der Waals surface area contributed by atoms with Gasteiger partial charge in [-0.1, -0.05) is 18.2 Å². The van der Waals surface area contributed by atoms with Crippen LogP contribution in [0.25, 0.3) is 10.6 Å². The van der Waals surface area contributed by atoms with Crippen molar-refractivity contribution in [1.82, 2.24) is 15.4 Å². The number of ether oxygens (including phenoxy) is 1. The van der Waals surface area contributed by atoms with Gasteiger partial charge < -0.3 is 14.9 Å². The van der Waals surface area contributed by atoms with Crippen LogP contribution >= 0.6 is 23.1 Å². The molecule has 0 aliphatic carbocycles. The quantitative estimate of drug-likeness (QED) is 0.298. The summed E-state index contributed by atoms with van der Waals surface area (Å²) in [6.45, 7) is 0.952. The van der Waals surface area contributed by atoms with Crippen molar-refractivity contribution in [3.05, 3.63) is 64.7 Å². The predicted molar refractivity (Wildman–Crippen MR) is 134 cm³/mol. The number of aromatic nitrogens is 1. The fourth-order valence-corrected chi connectivity index (χ4v) is 5.75. The van der Waals surface area contributed by atoms with Crippen LogP contribution in [0.2, 0.25) is 0 Å². The molecule has 1 aliphatic heterocycles. The molecular weight excluding hydrogens is 527 g/mol. The van der Waals surface area contributed by atoms with Gasteiger partial charge in [0, 0.05) is 28.6 Å². The van der Waals surface area contributed by atoms with E-state index >= 15 is 0 Å². The first kappa shape index (κ1) is 27.0. The molecule has 0 bridgehead atoms. The van der Waals surface area contributed by atoms with Gasteiger partial charge in [-0.25, -0.2) is 4.98 Å². The summed E-state index contributed by atoms with van der Waals surface area (Å²) in [6.07, 6.45) is -0.198. The van der Waals surface area contributed by atoms with Gasteiger partial charge in [0.25, 0.3) is 5.91 Å². The van der Waals surface area contributed by atoms with Crippen LogP contribution in [0.1, 0.15) is 34.3 Å². The topological polar surface area (TPSA) is 80.8 Å². The first-order chi connectivity index (χ1) is 17.7. The molecule has 0 radical (unpaired) electrons. The molecule has 1 N–H and O–H groups in total. The van der Waals surface area contributed by atoms with Gasteiger partial charge in [0.05, 0.1) is 30.3 Å². The number of hydrogen-bond donors (Lipinski definition) is 1. The number of nitrogens with one attached hydrogen (secondary N) is 1. The maximum Gasteiger partial charge on any atom is 0.416 e. The zero-order valence-electron chi connectivity index (χ0n) is 20.0. The molecule has 0 saturated carbocycles. The number of thiazole rings is 1. The first-order valence-electron chi connectivity index (χ1n) is 11.2. The van der Waals surface area contributed by atoms with Crippen molar-refractivity contribution in [1.29, 1.82) is 0 Å². The molecular formula is C25H24F3N3O4S2. The third-order valence-electron chi connectivity index (χ3n) is 6.16. The van der Waals surface area contributed by atoms with E-state index in [0.29, 0.717) is 25.9 Å². The first-order valence-corrected chi connectivity index (χ1v) is 13.3. The van der Waals surface area contributed by atoms with E-state index in [1.165, 1.54) is 23.5 Å². The van der Waals surface area contributed by atoms with Crippen molar-refractivity contribution < 1.29 is 32.3 Å². The lowest BCUT2D eigenvalue weighted by atomic mass is 9.81. The Hall–Kier alpha value is -3.09. The number of carbonyl (C=O) groups excluding carboxylic acids is 2. The van der Waals surface area contributed by atoms with Gasteiger partial charge in [-0.2, -0.15) is 13.2 Å². The second kappa shape index (κ2) is 11.1. The number of hydroxylamine groups is 2. The standard InChI is InChI=1S/C25H24F3N3O4S2/c1-34-19-12-18(25(26,27)28)13-20(36-2)21(19)22(33)30-24(7-4-9-31(14-24)35-15-32)17-6-3-5-16(11-17)23-29-8-10-37-23/h3,5-6,8,10-13,15H,4,7,9,14H2,1-2H3,(H,30,33). The molecule has 4 rings (SSSR count). The highest BCUT2D eigenvalue weighted by Gasteiger charge is 2.41. The number of piperidine rings is 1. The van der Waals surface area contributed by atoms with Crippen LogP contribution in [-0.2, 0) is 21.3 Å². The molecule has 196 valence electrons. The minimum absolute atomic E-state index is 0.00637. The summed E-state index contributed by atoms with van der Waals surface area (Å²) in [5.74, 6) is -0.775. The summed E-state index contributed by atoms with van der Waals surface area (Å²) in [5, 5.41) is 7.19. The van der Waals surface area contributed by atoms with Gasteiger partial charge in [-0.05, 0) is 42.9 Å². The molecule has 2 aromatic carbocycles. The Morgan fingerprint density at radius 1 is 1.30 bits per heavy atom. The molecule has 1 saturated heterocycles. The van der Waals surface area contributed by atoms with Crippen LogP contribution in [0.15, 0.2) is 52.9 Å². The summed E-state index contributed by atoms with van der Waals surface area (Å²) in [4.78, 5) is 34.5. The van der Waals surface area contributed by atoms with E-state index < -0.39 is 23.2 Å². The Kier molecular flexibility index (Phi) is 8.10. The highest BCUT2D eigenvalue weighted by molar-refractivity contribution is 7.98. The Morgan fingerprint density at radius 2 is 2.11 bits per heavy atom. The van der Waals surface area contributed by atoms with Gasteiger partial charge in [0.15, 0.2) is 0 Å². The third kappa shape index (κ3) is 5.76. The van der Waals surface area contributed by atoms with E-state index in [-0.39, 0.29) is 22.8 Å². The van der Waals surface area contributed by atoms with Crippen LogP contribution in [0.5, 0.6) is 5.75 Å². The molecule has 37 heavy (non-hydrogen) atoms. The van der Waals surface area contributed by atoms with Crippen molar-refractivity contribution in [3.8, 4) is 16.3 Å². The summed E-state index contributed by atoms with van der Waals surface area (Å²) < 4.78 is 45.6. The Bertz CT molecular complexity index is 1250.